The number of carboxylic acids is 1. The van der Waals surface area contributed by atoms with Crippen LogP contribution in [0.2, 0.25) is 5.02 Å². The van der Waals surface area contributed by atoms with Crippen LogP contribution in [0.15, 0.2) is 17.0 Å². The number of carbonyl (C=O) groups is 1. The molecule has 0 aliphatic carbocycles. The summed E-state index contributed by atoms with van der Waals surface area (Å²) in [5, 5.41) is 18.9. The van der Waals surface area contributed by atoms with Gasteiger partial charge in [-0.15, -0.1) is 0 Å². The predicted molar refractivity (Wildman–Crippen MR) is 62.8 cm³/mol. The maximum Gasteiger partial charge on any atom is 0.337 e. The number of nitrogens with zero attached hydrogens (tertiary/aromatic N) is 1. The van der Waals surface area contributed by atoms with Crippen molar-refractivity contribution in [2.45, 2.75) is 11.8 Å². The molecule has 0 aliphatic rings. The van der Waals surface area contributed by atoms with Gasteiger partial charge < -0.3 is 5.11 Å². The maximum absolute atomic E-state index is 11.8. The van der Waals surface area contributed by atoms with Crippen molar-refractivity contribution < 1.29 is 23.2 Å². The van der Waals surface area contributed by atoms with Crippen LogP contribution in [-0.4, -0.2) is 30.2 Å². The number of carboxylic acid groups (broad SMARTS) is 1. The molecule has 1 N–H and O–H groups in total. The summed E-state index contributed by atoms with van der Waals surface area (Å²) in [5.41, 5.74) is -1.22. The van der Waals surface area contributed by atoms with Crippen LogP contribution >= 0.6 is 11.6 Å². The smallest absolute Gasteiger partial charge is 0.337 e. The number of halogens is 1. The van der Waals surface area contributed by atoms with Crippen molar-refractivity contribution in [3.05, 3.63) is 32.8 Å². The fraction of sp³-hybridized carbons (Fsp3) is 0.222. The summed E-state index contributed by atoms with van der Waals surface area (Å²) in [6.45, 7) is 1.29. The highest BCUT2D eigenvalue weighted by Crippen LogP contribution is 2.34. The van der Waals surface area contributed by atoms with Gasteiger partial charge in [0.1, 0.15) is 9.92 Å². The Balaban J connectivity index is 3.78. The van der Waals surface area contributed by atoms with E-state index in [1.54, 1.807) is 0 Å². The minimum Gasteiger partial charge on any atom is -0.478 e. The van der Waals surface area contributed by atoms with Crippen molar-refractivity contribution in [3.63, 3.8) is 0 Å². The van der Waals surface area contributed by atoms with Gasteiger partial charge in [-0.2, -0.15) is 0 Å². The molecule has 1 aromatic carbocycles. The standard InChI is InChI=1S/C9H8ClNO6S/c1-2-18(16,17)8-5(9(12)13)3-4-6(7(8)10)11(14)15/h3-4H,2H2,1H3,(H,12,13). The van der Waals surface area contributed by atoms with Crippen LogP contribution in [-0.2, 0) is 9.84 Å². The van der Waals surface area contributed by atoms with Gasteiger partial charge >= 0.3 is 5.97 Å². The summed E-state index contributed by atoms with van der Waals surface area (Å²) in [4.78, 5) is 20.0. The topological polar surface area (TPSA) is 115 Å². The van der Waals surface area contributed by atoms with Crippen molar-refractivity contribution in [2.75, 3.05) is 5.75 Å². The van der Waals surface area contributed by atoms with Crippen LogP contribution in [0.25, 0.3) is 0 Å². The van der Waals surface area contributed by atoms with Gasteiger partial charge in [0.2, 0.25) is 0 Å². The first-order chi connectivity index (χ1) is 8.22. The van der Waals surface area contributed by atoms with Crippen LogP contribution in [0.1, 0.15) is 17.3 Å². The van der Waals surface area contributed by atoms with E-state index in [1.165, 1.54) is 6.92 Å². The highest BCUT2D eigenvalue weighted by molar-refractivity contribution is 7.91. The Labute approximate surface area is 107 Å². The Morgan fingerprint density at radius 2 is 2.06 bits per heavy atom. The summed E-state index contributed by atoms with van der Waals surface area (Å²) in [7, 11) is -3.98. The molecule has 0 saturated heterocycles. The molecule has 0 amide bonds. The highest BCUT2D eigenvalue weighted by atomic mass is 35.5. The van der Waals surface area contributed by atoms with Crippen LogP contribution < -0.4 is 0 Å². The van der Waals surface area contributed by atoms with Crippen LogP contribution in [0.4, 0.5) is 5.69 Å². The van der Waals surface area contributed by atoms with Crippen LogP contribution in [0.5, 0.6) is 0 Å². The normalized spacial score (nSPS) is 11.2. The SMILES string of the molecule is CCS(=O)(=O)c1c(C(=O)O)ccc([N+](=O)[O-])c1Cl. The number of nitro benzene ring substituents is 1. The first-order valence-corrected chi connectivity index (χ1v) is 6.68. The monoisotopic (exact) mass is 293 g/mol. The number of benzene rings is 1. The molecule has 0 bridgehead atoms. The van der Waals surface area contributed by atoms with Crippen LogP contribution in [0.3, 0.4) is 0 Å². The summed E-state index contributed by atoms with van der Waals surface area (Å²) < 4.78 is 23.5. The second-order valence-corrected chi connectivity index (χ2v) is 5.83. The molecule has 0 spiro atoms. The second-order valence-electron chi connectivity index (χ2n) is 3.24. The van der Waals surface area contributed by atoms with E-state index in [1.807, 2.05) is 0 Å². The summed E-state index contributed by atoms with van der Waals surface area (Å²) in [5.74, 6) is -1.92. The average Bonchev–Trinajstić information content (AvgIpc) is 2.27. The van der Waals surface area contributed by atoms with E-state index >= 15 is 0 Å². The van der Waals surface area contributed by atoms with Crippen molar-refractivity contribution in [2.24, 2.45) is 0 Å². The lowest BCUT2D eigenvalue weighted by Gasteiger charge is -2.08. The predicted octanol–water partition coefficient (Wildman–Crippen LogP) is 1.74. The molecule has 1 aromatic rings. The van der Waals surface area contributed by atoms with Crippen molar-refractivity contribution in [1.82, 2.24) is 0 Å². The Morgan fingerprint density at radius 3 is 2.44 bits per heavy atom. The van der Waals surface area contributed by atoms with Gasteiger partial charge in [-0.1, -0.05) is 18.5 Å². The third kappa shape index (κ3) is 2.44. The van der Waals surface area contributed by atoms with E-state index in [0.29, 0.717) is 0 Å². The van der Waals surface area contributed by atoms with Gasteiger partial charge in [-0.05, 0) is 6.07 Å². The lowest BCUT2D eigenvalue weighted by molar-refractivity contribution is -0.384. The molecule has 0 atom stereocenters. The molecular formula is C9H8ClNO6S. The van der Waals surface area contributed by atoms with Gasteiger partial charge in [0.25, 0.3) is 5.69 Å². The van der Waals surface area contributed by atoms with Gasteiger partial charge in [0.15, 0.2) is 9.84 Å². The largest absolute Gasteiger partial charge is 0.478 e. The Kier molecular flexibility index (Phi) is 3.92. The highest BCUT2D eigenvalue weighted by Gasteiger charge is 2.29. The number of hydrogen-bond donors (Lipinski definition) is 1. The minimum absolute atomic E-state index is 0.409. The Bertz CT molecular complexity index is 624. The third-order valence-corrected chi connectivity index (χ3v) is 4.50. The number of sulfone groups is 1. The van der Waals surface area contributed by atoms with Gasteiger partial charge in [0, 0.05) is 6.07 Å². The van der Waals surface area contributed by atoms with Crippen molar-refractivity contribution in [1.29, 1.82) is 0 Å². The zero-order valence-corrected chi connectivity index (χ0v) is 10.7. The quantitative estimate of drug-likeness (QED) is 0.668. The molecule has 0 unspecified atom stereocenters. The molecule has 0 fully saturated rings. The zero-order chi connectivity index (χ0) is 14.1. The third-order valence-electron chi connectivity index (χ3n) is 2.19. The fourth-order valence-corrected chi connectivity index (χ4v) is 3.05. The van der Waals surface area contributed by atoms with Gasteiger partial charge in [0.05, 0.1) is 16.2 Å². The lowest BCUT2D eigenvalue weighted by Crippen LogP contribution is -2.12. The number of hydrogen-bond acceptors (Lipinski definition) is 5. The molecule has 1 rings (SSSR count). The van der Waals surface area contributed by atoms with Crippen molar-refractivity contribution >= 4 is 33.1 Å². The maximum atomic E-state index is 11.8. The van der Waals surface area contributed by atoms with Crippen molar-refractivity contribution in [3.8, 4) is 0 Å². The van der Waals surface area contributed by atoms with E-state index in [-0.39, 0.29) is 0 Å². The first-order valence-electron chi connectivity index (χ1n) is 4.65. The molecule has 9 heteroatoms. The average molecular weight is 294 g/mol. The Morgan fingerprint density at radius 1 is 1.50 bits per heavy atom. The lowest BCUT2D eigenvalue weighted by atomic mass is 10.2. The van der Waals surface area contributed by atoms with E-state index in [4.69, 9.17) is 16.7 Å². The summed E-state index contributed by atoms with van der Waals surface area (Å²) >= 11 is 5.63. The molecule has 18 heavy (non-hydrogen) atoms. The second kappa shape index (κ2) is 4.91. The summed E-state index contributed by atoms with van der Waals surface area (Å²) in [6.07, 6.45) is 0. The Hall–Kier alpha value is -1.67. The molecule has 7 nitrogen and oxygen atoms in total. The molecule has 0 saturated carbocycles. The molecule has 0 aromatic heterocycles. The number of rotatable bonds is 4. The number of aromatic carboxylic acids is 1. The van der Waals surface area contributed by atoms with E-state index in [2.05, 4.69) is 0 Å². The van der Waals surface area contributed by atoms with Gasteiger partial charge in [-0.3, -0.25) is 10.1 Å². The number of nitro groups is 1. The molecule has 98 valence electrons. The molecular weight excluding hydrogens is 286 g/mol. The zero-order valence-electron chi connectivity index (χ0n) is 9.08. The van der Waals surface area contributed by atoms with E-state index in [0.717, 1.165) is 12.1 Å². The minimum atomic E-state index is -3.98. The first kappa shape index (κ1) is 14.4. The fourth-order valence-electron chi connectivity index (χ4n) is 1.30. The van der Waals surface area contributed by atoms with E-state index in [9.17, 15) is 23.3 Å². The molecule has 0 heterocycles. The summed E-state index contributed by atoms with van der Waals surface area (Å²) in [6, 6.07) is 1.72. The van der Waals surface area contributed by atoms with Gasteiger partial charge in [-0.25, -0.2) is 13.2 Å². The molecule has 0 radical (unpaired) electrons. The van der Waals surface area contributed by atoms with Crippen LogP contribution in [0, 0.1) is 10.1 Å². The molecule has 0 aliphatic heterocycles. The van der Waals surface area contributed by atoms with E-state index < -0.39 is 47.7 Å².